The first-order chi connectivity index (χ1) is 9.05. The van der Waals surface area contributed by atoms with Crippen molar-refractivity contribution >= 4 is 10.0 Å². The van der Waals surface area contributed by atoms with Gasteiger partial charge in [-0.15, -0.1) is 0 Å². The molecule has 2 N–H and O–H groups in total. The van der Waals surface area contributed by atoms with E-state index in [4.69, 9.17) is 0 Å². The van der Waals surface area contributed by atoms with Crippen LogP contribution in [0.25, 0.3) is 0 Å². The zero-order valence-corrected chi connectivity index (χ0v) is 11.9. The number of sulfonamides is 1. The van der Waals surface area contributed by atoms with Gasteiger partial charge in [0.15, 0.2) is 0 Å². The van der Waals surface area contributed by atoms with Gasteiger partial charge < -0.3 is 5.32 Å². The van der Waals surface area contributed by atoms with E-state index in [2.05, 4.69) is 20.0 Å². The Labute approximate surface area is 114 Å². The molecule has 0 radical (unpaired) electrons. The van der Waals surface area contributed by atoms with E-state index in [1.807, 2.05) is 0 Å². The molecule has 1 heterocycles. The van der Waals surface area contributed by atoms with Gasteiger partial charge in [-0.1, -0.05) is 0 Å². The number of aromatic nitrogens is 2. The summed E-state index contributed by atoms with van der Waals surface area (Å²) in [5, 5.41) is 3.30. The highest BCUT2D eigenvalue weighted by Crippen LogP contribution is 2.18. The lowest BCUT2D eigenvalue weighted by Gasteiger charge is -2.07. The third-order valence-corrected chi connectivity index (χ3v) is 4.32. The van der Waals surface area contributed by atoms with Crippen molar-refractivity contribution in [3.63, 3.8) is 0 Å². The predicted octanol–water partition coefficient (Wildman–Crippen LogP) is 0.347. The van der Waals surface area contributed by atoms with Crippen LogP contribution >= 0.6 is 0 Å². The summed E-state index contributed by atoms with van der Waals surface area (Å²) in [6.45, 7) is 2.77. The van der Waals surface area contributed by atoms with Crippen LogP contribution in [-0.2, 0) is 16.6 Å². The van der Waals surface area contributed by atoms with E-state index in [0.717, 1.165) is 6.54 Å². The van der Waals surface area contributed by atoms with Crippen molar-refractivity contribution in [2.45, 2.75) is 38.8 Å². The minimum atomic E-state index is -3.22. The molecule has 1 aliphatic carbocycles. The highest BCUT2D eigenvalue weighted by atomic mass is 32.2. The number of hydrogen-bond acceptors (Lipinski definition) is 5. The maximum Gasteiger partial charge on any atom is 0.211 e. The molecule has 0 aromatic carbocycles. The number of rotatable bonds is 8. The Morgan fingerprint density at radius 2 is 2.21 bits per heavy atom. The topological polar surface area (TPSA) is 84.0 Å². The zero-order valence-electron chi connectivity index (χ0n) is 11.1. The molecule has 1 aromatic rings. The van der Waals surface area contributed by atoms with Crippen LogP contribution in [-0.4, -0.2) is 36.7 Å². The van der Waals surface area contributed by atoms with Gasteiger partial charge in [0.2, 0.25) is 10.0 Å². The van der Waals surface area contributed by atoms with Gasteiger partial charge in [0.25, 0.3) is 0 Å². The van der Waals surface area contributed by atoms with Gasteiger partial charge >= 0.3 is 0 Å². The van der Waals surface area contributed by atoms with Crippen molar-refractivity contribution < 1.29 is 8.42 Å². The molecule has 1 fully saturated rings. The third kappa shape index (κ3) is 5.63. The molecule has 7 heteroatoms. The Hall–Kier alpha value is -1.05. The SMILES string of the molecule is Cc1nccc(CNS(=O)(=O)CCCNC2CC2)n1. The lowest BCUT2D eigenvalue weighted by Crippen LogP contribution is -2.28. The molecule has 0 atom stereocenters. The number of nitrogens with one attached hydrogen (secondary N) is 2. The highest BCUT2D eigenvalue weighted by molar-refractivity contribution is 7.89. The van der Waals surface area contributed by atoms with E-state index >= 15 is 0 Å². The summed E-state index contributed by atoms with van der Waals surface area (Å²) in [5.41, 5.74) is 0.687. The van der Waals surface area contributed by atoms with Gasteiger partial charge in [0.1, 0.15) is 5.82 Å². The third-order valence-electron chi connectivity index (χ3n) is 2.91. The summed E-state index contributed by atoms with van der Waals surface area (Å²) >= 11 is 0. The van der Waals surface area contributed by atoms with Crippen LogP contribution in [0, 0.1) is 6.92 Å². The summed E-state index contributed by atoms with van der Waals surface area (Å²) in [4.78, 5) is 8.12. The van der Waals surface area contributed by atoms with E-state index in [-0.39, 0.29) is 12.3 Å². The molecule has 106 valence electrons. The van der Waals surface area contributed by atoms with Crippen LogP contribution in [0.5, 0.6) is 0 Å². The quantitative estimate of drug-likeness (QED) is 0.673. The maximum atomic E-state index is 11.8. The first-order valence-electron chi connectivity index (χ1n) is 6.54. The van der Waals surface area contributed by atoms with Crippen molar-refractivity contribution in [1.82, 2.24) is 20.0 Å². The van der Waals surface area contributed by atoms with Crippen LogP contribution in [0.1, 0.15) is 30.8 Å². The molecule has 0 aliphatic heterocycles. The second-order valence-corrected chi connectivity index (χ2v) is 6.74. The molecule has 2 rings (SSSR count). The molecule has 0 spiro atoms. The number of hydrogen-bond donors (Lipinski definition) is 2. The van der Waals surface area contributed by atoms with Gasteiger partial charge in [-0.3, -0.25) is 0 Å². The van der Waals surface area contributed by atoms with E-state index in [9.17, 15) is 8.42 Å². The lowest BCUT2D eigenvalue weighted by molar-refractivity contribution is 0.573. The van der Waals surface area contributed by atoms with E-state index in [0.29, 0.717) is 24.0 Å². The highest BCUT2D eigenvalue weighted by Gasteiger charge is 2.20. The van der Waals surface area contributed by atoms with Gasteiger partial charge in [0, 0.05) is 12.2 Å². The van der Waals surface area contributed by atoms with Gasteiger partial charge in [-0.05, 0) is 38.8 Å². The molecule has 1 saturated carbocycles. The Morgan fingerprint density at radius 3 is 2.89 bits per heavy atom. The van der Waals surface area contributed by atoms with Gasteiger partial charge in [-0.25, -0.2) is 23.1 Å². The molecular formula is C12H20N4O2S. The van der Waals surface area contributed by atoms with Crippen molar-refractivity contribution in [3.05, 3.63) is 23.8 Å². The first-order valence-corrected chi connectivity index (χ1v) is 8.20. The minimum absolute atomic E-state index is 0.150. The summed E-state index contributed by atoms with van der Waals surface area (Å²) in [6.07, 6.45) is 4.70. The van der Waals surface area contributed by atoms with E-state index in [1.54, 1.807) is 19.2 Å². The molecular weight excluding hydrogens is 264 g/mol. The van der Waals surface area contributed by atoms with Crippen LogP contribution in [0.3, 0.4) is 0 Å². The normalized spacial score (nSPS) is 15.6. The number of nitrogens with zero attached hydrogens (tertiary/aromatic N) is 2. The largest absolute Gasteiger partial charge is 0.314 e. The monoisotopic (exact) mass is 284 g/mol. The van der Waals surface area contributed by atoms with Crippen molar-refractivity contribution in [2.24, 2.45) is 0 Å². The van der Waals surface area contributed by atoms with Crippen molar-refractivity contribution in [1.29, 1.82) is 0 Å². The lowest BCUT2D eigenvalue weighted by atomic mass is 10.4. The maximum absolute atomic E-state index is 11.8. The Kier molecular flexibility index (Phi) is 4.84. The fraction of sp³-hybridized carbons (Fsp3) is 0.667. The Bertz CT molecular complexity index is 514. The zero-order chi connectivity index (χ0) is 13.7. The van der Waals surface area contributed by atoms with Crippen LogP contribution in [0.15, 0.2) is 12.3 Å². The second-order valence-electron chi connectivity index (χ2n) is 4.82. The summed E-state index contributed by atoms with van der Waals surface area (Å²) < 4.78 is 26.1. The molecule has 6 nitrogen and oxygen atoms in total. The smallest absolute Gasteiger partial charge is 0.211 e. The summed E-state index contributed by atoms with van der Waals surface area (Å²) in [6, 6.07) is 2.34. The molecule has 0 bridgehead atoms. The van der Waals surface area contributed by atoms with Crippen LogP contribution < -0.4 is 10.0 Å². The standard InChI is InChI=1S/C12H20N4O2S/c1-10-13-7-5-12(16-10)9-15-19(17,18)8-2-6-14-11-3-4-11/h5,7,11,14-15H,2-4,6,8-9H2,1H3. The van der Waals surface area contributed by atoms with Gasteiger partial charge in [-0.2, -0.15) is 0 Å². The fourth-order valence-corrected chi connectivity index (χ4v) is 2.75. The number of aryl methyl sites for hydroxylation is 1. The molecule has 19 heavy (non-hydrogen) atoms. The average molecular weight is 284 g/mol. The predicted molar refractivity (Wildman–Crippen MR) is 73.0 cm³/mol. The minimum Gasteiger partial charge on any atom is -0.314 e. The molecule has 1 aliphatic rings. The van der Waals surface area contributed by atoms with Crippen LogP contribution in [0.2, 0.25) is 0 Å². The van der Waals surface area contributed by atoms with Crippen LogP contribution in [0.4, 0.5) is 0 Å². The van der Waals surface area contributed by atoms with Gasteiger partial charge in [0.05, 0.1) is 18.0 Å². The van der Waals surface area contributed by atoms with E-state index in [1.165, 1.54) is 12.8 Å². The summed E-state index contributed by atoms with van der Waals surface area (Å²) in [5.74, 6) is 0.793. The molecule has 1 aromatic heterocycles. The fourth-order valence-electron chi connectivity index (χ4n) is 1.72. The average Bonchev–Trinajstić information content (AvgIpc) is 3.17. The van der Waals surface area contributed by atoms with E-state index < -0.39 is 10.0 Å². The summed E-state index contributed by atoms with van der Waals surface area (Å²) in [7, 11) is -3.22. The second kappa shape index (κ2) is 6.40. The van der Waals surface area contributed by atoms with Crippen molar-refractivity contribution in [2.75, 3.05) is 12.3 Å². The molecule has 0 amide bonds. The molecule has 0 saturated heterocycles. The Balaban J connectivity index is 1.70. The first kappa shape index (κ1) is 14.4. The Morgan fingerprint density at radius 1 is 1.42 bits per heavy atom. The molecule has 0 unspecified atom stereocenters. The van der Waals surface area contributed by atoms with Crippen molar-refractivity contribution in [3.8, 4) is 0 Å².